The highest BCUT2D eigenvalue weighted by Crippen LogP contribution is 2.55. The molecule has 1 aliphatic heterocycles. The summed E-state index contributed by atoms with van der Waals surface area (Å²) in [4.78, 5) is 6.89. The molecule has 0 aromatic rings. The number of thioether (sulfide) groups is 1. The monoisotopic (exact) mass is 398 g/mol. The summed E-state index contributed by atoms with van der Waals surface area (Å²) in [7, 11) is 6.38. The van der Waals surface area contributed by atoms with E-state index in [-0.39, 0.29) is 6.17 Å². The van der Waals surface area contributed by atoms with Crippen LogP contribution in [0.3, 0.4) is 0 Å². The normalized spacial score (nSPS) is 40.5. The van der Waals surface area contributed by atoms with Gasteiger partial charge in [0.1, 0.15) is 6.17 Å². The number of fused-ring (bicyclic) bond motifs is 1. The lowest BCUT2D eigenvalue weighted by Crippen LogP contribution is -2.50. The van der Waals surface area contributed by atoms with Gasteiger partial charge in [0, 0.05) is 29.7 Å². The highest BCUT2D eigenvalue weighted by molar-refractivity contribution is 8.00. The number of rotatable bonds is 8. The van der Waals surface area contributed by atoms with Crippen molar-refractivity contribution in [3.8, 4) is 0 Å². The zero-order chi connectivity index (χ0) is 19.6. The Labute approximate surface area is 168 Å². The van der Waals surface area contributed by atoms with E-state index >= 15 is 0 Å². The molecule has 156 valence electrons. The summed E-state index contributed by atoms with van der Waals surface area (Å²) in [5, 5.41) is 27.4. The van der Waals surface area contributed by atoms with Gasteiger partial charge in [-0.1, -0.05) is 0 Å². The van der Waals surface area contributed by atoms with Gasteiger partial charge in [-0.25, -0.2) is 0 Å². The molecule has 0 amide bonds. The predicted molar refractivity (Wildman–Crippen MR) is 113 cm³/mol. The van der Waals surface area contributed by atoms with Crippen LogP contribution in [0.15, 0.2) is 4.99 Å². The lowest BCUT2D eigenvalue weighted by molar-refractivity contribution is -0.0617. The second kappa shape index (κ2) is 9.55. The van der Waals surface area contributed by atoms with E-state index in [0.717, 1.165) is 6.42 Å². The second-order valence-corrected chi connectivity index (χ2v) is 10.2. The van der Waals surface area contributed by atoms with E-state index in [0.29, 0.717) is 46.9 Å². The lowest BCUT2D eigenvalue weighted by atomic mass is 9.79. The third-order valence-corrected chi connectivity index (χ3v) is 8.85. The van der Waals surface area contributed by atoms with Crippen LogP contribution in [0.1, 0.15) is 44.9 Å². The molecule has 3 aliphatic rings. The average Bonchev–Trinajstić information content (AvgIpc) is 3.19. The number of aliphatic hydroxyl groups excluding tert-OH is 1. The first kappa shape index (κ1) is 21.5. The van der Waals surface area contributed by atoms with Gasteiger partial charge in [0.2, 0.25) is 0 Å². The minimum absolute atomic E-state index is 0.0299. The van der Waals surface area contributed by atoms with Crippen LogP contribution >= 0.6 is 11.8 Å². The molecular weight excluding hydrogens is 360 g/mol. The van der Waals surface area contributed by atoms with E-state index in [9.17, 15) is 10.2 Å². The first-order valence-corrected chi connectivity index (χ1v) is 11.5. The van der Waals surface area contributed by atoms with E-state index in [2.05, 4.69) is 41.3 Å². The molecule has 0 bridgehead atoms. The minimum atomic E-state index is -1.21. The number of hydrogen-bond acceptors (Lipinski definition) is 7. The standard InChI is InChI=1S/C20H38N4O2S/c1-21-19(23-13-6-8-14(9-7-13)24(3)4)18-17-12(11-16(25)26)5-10-15(17)27-20(18)22-2/h12-20,22-23,25-26H,1,5-11H2,2-4H3/t12?,13?,14?,15?,17-,18?,19?,20?/m1/s1. The van der Waals surface area contributed by atoms with Gasteiger partial charge in [-0.05, 0) is 78.2 Å². The van der Waals surface area contributed by atoms with Crippen molar-refractivity contribution >= 4 is 18.5 Å². The summed E-state index contributed by atoms with van der Waals surface area (Å²) in [5.41, 5.74) is 0. The molecule has 6 nitrogen and oxygen atoms in total. The van der Waals surface area contributed by atoms with Crippen molar-refractivity contribution < 1.29 is 10.2 Å². The van der Waals surface area contributed by atoms with E-state index in [1.54, 1.807) is 0 Å². The molecular formula is C20H38N4O2S. The Morgan fingerprint density at radius 1 is 1.15 bits per heavy atom. The molecule has 3 rings (SSSR count). The van der Waals surface area contributed by atoms with Crippen molar-refractivity contribution in [1.29, 1.82) is 0 Å². The summed E-state index contributed by atoms with van der Waals surface area (Å²) in [6.07, 6.45) is 6.39. The molecule has 0 radical (unpaired) electrons. The Balaban J connectivity index is 1.67. The Morgan fingerprint density at radius 3 is 2.41 bits per heavy atom. The lowest BCUT2D eigenvalue weighted by Gasteiger charge is -2.38. The maximum Gasteiger partial charge on any atom is 0.151 e. The van der Waals surface area contributed by atoms with Crippen LogP contribution in [0.4, 0.5) is 0 Å². The highest BCUT2D eigenvalue weighted by atomic mass is 32.2. The molecule has 0 aromatic carbocycles. The minimum Gasteiger partial charge on any atom is -0.368 e. The topological polar surface area (TPSA) is 80.1 Å². The second-order valence-electron chi connectivity index (χ2n) is 8.86. The number of nitrogens with zero attached hydrogens (tertiary/aromatic N) is 2. The molecule has 5 unspecified atom stereocenters. The zero-order valence-electron chi connectivity index (χ0n) is 17.1. The first-order valence-electron chi connectivity index (χ1n) is 10.5. The van der Waals surface area contributed by atoms with Gasteiger partial charge in [-0.3, -0.25) is 10.3 Å². The van der Waals surface area contributed by atoms with Gasteiger partial charge >= 0.3 is 0 Å². The smallest absolute Gasteiger partial charge is 0.151 e. The maximum absolute atomic E-state index is 9.55. The quantitative estimate of drug-likeness (QED) is 0.366. The fourth-order valence-electron chi connectivity index (χ4n) is 5.74. The van der Waals surface area contributed by atoms with Gasteiger partial charge in [-0.2, -0.15) is 0 Å². The number of aliphatic imine (C=N–C) groups is 1. The number of hydrogen-bond donors (Lipinski definition) is 4. The maximum atomic E-state index is 9.55. The van der Waals surface area contributed by atoms with Gasteiger partial charge in [0.05, 0.1) is 5.37 Å². The van der Waals surface area contributed by atoms with Crippen molar-refractivity contribution in [2.24, 2.45) is 22.7 Å². The largest absolute Gasteiger partial charge is 0.368 e. The van der Waals surface area contributed by atoms with Crippen molar-refractivity contribution in [2.45, 2.75) is 80.1 Å². The summed E-state index contributed by atoms with van der Waals surface area (Å²) in [5.74, 6) is 1.18. The van der Waals surface area contributed by atoms with Crippen molar-refractivity contribution in [2.75, 3.05) is 21.1 Å². The van der Waals surface area contributed by atoms with Crippen molar-refractivity contribution in [3.05, 3.63) is 0 Å². The van der Waals surface area contributed by atoms with E-state index < -0.39 is 6.29 Å². The Hall–Kier alpha value is -0.180. The Morgan fingerprint density at radius 2 is 1.85 bits per heavy atom. The number of aliphatic hydroxyl groups is 2. The van der Waals surface area contributed by atoms with Crippen LogP contribution in [0.25, 0.3) is 0 Å². The molecule has 4 N–H and O–H groups in total. The van der Waals surface area contributed by atoms with Gasteiger partial charge in [-0.15, -0.1) is 11.8 Å². The number of nitrogens with one attached hydrogen (secondary N) is 2. The molecule has 27 heavy (non-hydrogen) atoms. The fourth-order valence-corrected chi connectivity index (χ4v) is 7.62. The van der Waals surface area contributed by atoms with Crippen LogP contribution in [-0.2, 0) is 0 Å². The Kier molecular flexibility index (Phi) is 7.61. The first-order chi connectivity index (χ1) is 12.9. The molecule has 1 heterocycles. The Bertz CT molecular complexity index is 485. The summed E-state index contributed by atoms with van der Waals surface area (Å²) in [6.45, 7) is 3.93. The summed E-state index contributed by atoms with van der Waals surface area (Å²) >= 11 is 2.02. The van der Waals surface area contributed by atoms with Crippen molar-refractivity contribution in [3.63, 3.8) is 0 Å². The average molecular weight is 399 g/mol. The van der Waals surface area contributed by atoms with Crippen LogP contribution in [0, 0.1) is 17.8 Å². The fraction of sp³-hybridized carbons (Fsp3) is 0.950. The van der Waals surface area contributed by atoms with Crippen LogP contribution in [0.5, 0.6) is 0 Å². The predicted octanol–water partition coefficient (Wildman–Crippen LogP) is 1.48. The van der Waals surface area contributed by atoms with Crippen LogP contribution < -0.4 is 10.6 Å². The third kappa shape index (κ3) is 4.87. The molecule has 2 aliphatic carbocycles. The molecule has 1 saturated heterocycles. The van der Waals surface area contributed by atoms with Crippen molar-refractivity contribution in [1.82, 2.24) is 15.5 Å². The van der Waals surface area contributed by atoms with Gasteiger partial charge in [0.25, 0.3) is 0 Å². The van der Waals surface area contributed by atoms with E-state index in [1.165, 1.54) is 32.1 Å². The molecule has 0 spiro atoms. The molecule has 3 fully saturated rings. The third-order valence-electron chi connectivity index (χ3n) is 7.10. The van der Waals surface area contributed by atoms with E-state index in [1.807, 2.05) is 18.8 Å². The SMILES string of the molecule is C=NC(NC1CCC(N(C)C)CC1)C1C(NC)SC2CCC(CC(O)O)[C@H]21. The van der Waals surface area contributed by atoms with Gasteiger partial charge in [0.15, 0.2) is 6.29 Å². The highest BCUT2D eigenvalue weighted by Gasteiger charge is 2.53. The molecule has 2 saturated carbocycles. The molecule has 6 atom stereocenters. The summed E-state index contributed by atoms with van der Waals surface area (Å²) < 4.78 is 0. The molecule has 7 heteroatoms. The zero-order valence-corrected chi connectivity index (χ0v) is 17.9. The van der Waals surface area contributed by atoms with Crippen LogP contribution in [-0.4, -0.2) is 78.1 Å². The summed E-state index contributed by atoms with van der Waals surface area (Å²) in [6, 6.07) is 1.20. The van der Waals surface area contributed by atoms with Gasteiger partial charge < -0.3 is 20.4 Å². The van der Waals surface area contributed by atoms with E-state index in [4.69, 9.17) is 0 Å². The van der Waals surface area contributed by atoms with Crippen LogP contribution in [0.2, 0.25) is 0 Å². The molecule has 0 aromatic heterocycles.